The lowest BCUT2D eigenvalue weighted by Gasteiger charge is -2.11. The molecule has 0 aromatic heterocycles. The second-order valence-corrected chi connectivity index (χ2v) is 6.76. The molecule has 1 atom stereocenters. The summed E-state index contributed by atoms with van der Waals surface area (Å²) in [5, 5.41) is 0. The third-order valence-corrected chi connectivity index (χ3v) is 4.83. The van der Waals surface area contributed by atoms with Crippen molar-refractivity contribution in [3.8, 4) is 0 Å². The molecule has 1 aromatic carbocycles. The van der Waals surface area contributed by atoms with Gasteiger partial charge in [-0.1, -0.05) is 13.0 Å². The third-order valence-electron chi connectivity index (χ3n) is 3.03. The highest BCUT2D eigenvalue weighted by Crippen LogP contribution is 2.30. The van der Waals surface area contributed by atoms with E-state index in [1.54, 1.807) is 0 Å². The number of alkyl halides is 3. The molecular weight excluding hydrogens is 291 g/mol. The van der Waals surface area contributed by atoms with Crippen LogP contribution >= 0.6 is 0 Å². The number of hydrogen-bond donors (Lipinski definition) is 1. The first-order valence-electron chi connectivity index (χ1n) is 6.32. The van der Waals surface area contributed by atoms with Gasteiger partial charge in [0.15, 0.2) is 9.84 Å². The monoisotopic (exact) mass is 309 g/mol. The van der Waals surface area contributed by atoms with E-state index in [-0.39, 0.29) is 16.7 Å². The van der Waals surface area contributed by atoms with Crippen LogP contribution in [0.15, 0.2) is 29.2 Å². The molecule has 7 heteroatoms. The molecule has 3 nitrogen and oxygen atoms in total. The molecule has 0 saturated carbocycles. The van der Waals surface area contributed by atoms with Crippen LogP contribution in [-0.4, -0.2) is 20.2 Å². The van der Waals surface area contributed by atoms with E-state index in [2.05, 4.69) is 0 Å². The van der Waals surface area contributed by atoms with Crippen LogP contribution in [0.4, 0.5) is 13.2 Å². The fourth-order valence-electron chi connectivity index (χ4n) is 1.72. The summed E-state index contributed by atoms with van der Waals surface area (Å²) in [5.74, 6) is -0.192. The Balaban J connectivity index is 2.83. The van der Waals surface area contributed by atoms with Gasteiger partial charge in [0.25, 0.3) is 0 Å². The van der Waals surface area contributed by atoms with Crippen LogP contribution in [0, 0.1) is 0 Å². The highest BCUT2D eigenvalue weighted by atomic mass is 32.2. The Labute approximate surface area is 116 Å². The van der Waals surface area contributed by atoms with Crippen molar-refractivity contribution in [2.45, 2.75) is 43.3 Å². The standard InChI is InChI=1S/C13H18F3NO2S/c1-2-11(17)6-4-8-20(18,19)12-7-3-5-10(9-12)13(14,15)16/h3,5,7,9,11H,2,4,6,8,17H2,1H3. The molecule has 0 aliphatic rings. The lowest BCUT2D eigenvalue weighted by Crippen LogP contribution is -2.20. The van der Waals surface area contributed by atoms with Crippen LogP contribution in [0.25, 0.3) is 0 Å². The van der Waals surface area contributed by atoms with Crippen molar-refractivity contribution in [2.24, 2.45) is 5.73 Å². The van der Waals surface area contributed by atoms with Gasteiger partial charge in [-0.15, -0.1) is 0 Å². The molecule has 114 valence electrons. The van der Waals surface area contributed by atoms with E-state index in [1.165, 1.54) is 6.07 Å². The van der Waals surface area contributed by atoms with E-state index in [0.29, 0.717) is 18.9 Å². The van der Waals surface area contributed by atoms with E-state index < -0.39 is 21.6 Å². The average molecular weight is 309 g/mol. The number of sulfone groups is 1. The van der Waals surface area contributed by atoms with Gasteiger partial charge >= 0.3 is 6.18 Å². The summed E-state index contributed by atoms with van der Waals surface area (Å²) in [5.41, 5.74) is 4.72. The molecule has 0 radical (unpaired) electrons. The van der Waals surface area contributed by atoms with Crippen LogP contribution in [0.2, 0.25) is 0 Å². The van der Waals surface area contributed by atoms with Crippen molar-refractivity contribution < 1.29 is 21.6 Å². The Morgan fingerprint density at radius 2 is 1.95 bits per heavy atom. The summed E-state index contributed by atoms with van der Waals surface area (Å²) in [6.45, 7) is 1.89. The maximum Gasteiger partial charge on any atom is 0.416 e. The van der Waals surface area contributed by atoms with Crippen molar-refractivity contribution in [1.82, 2.24) is 0 Å². The van der Waals surface area contributed by atoms with Gasteiger partial charge in [0.1, 0.15) is 0 Å². The van der Waals surface area contributed by atoms with Gasteiger partial charge in [0.05, 0.1) is 16.2 Å². The molecule has 0 aliphatic carbocycles. The summed E-state index contributed by atoms with van der Waals surface area (Å²) < 4.78 is 61.6. The minimum atomic E-state index is -4.55. The highest BCUT2D eigenvalue weighted by Gasteiger charge is 2.31. The molecule has 1 rings (SSSR count). The first kappa shape index (κ1) is 17.0. The summed E-state index contributed by atoms with van der Waals surface area (Å²) in [6, 6.07) is 3.74. The summed E-state index contributed by atoms with van der Waals surface area (Å²) in [4.78, 5) is -0.294. The van der Waals surface area contributed by atoms with Crippen molar-refractivity contribution in [3.63, 3.8) is 0 Å². The molecule has 0 bridgehead atoms. The molecule has 0 spiro atoms. The van der Waals surface area contributed by atoms with E-state index in [4.69, 9.17) is 5.73 Å². The molecule has 20 heavy (non-hydrogen) atoms. The van der Waals surface area contributed by atoms with Crippen molar-refractivity contribution in [3.05, 3.63) is 29.8 Å². The fraction of sp³-hybridized carbons (Fsp3) is 0.538. The molecule has 1 unspecified atom stereocenters. The van der Waals surface area contributed by atoms with Crippen LogP contribution in [0.1, 0.15) is 31.7 Å². The SMILES string of the molecule is CCC(N)CCCS(=O)(=O)c1cccc(C(F)(F)F)c1. The van der Waals surface area contributed by atoms with E-state index in [9.17, 15) is 21.6 Å². The predicted octanol–water partition coefficient (Wildman–Crippen LogP) is 3.00. The van der Waals surface area contributed by atoms with Gasteiger partial charge in [-0.2, -0.15) is 13.2 Å². The Morgan fingerprint density at radius 1 is 1.30 bits per heavy atom. The Bertz CT molecular complexity index is 541. The van der Waals surface area contributed by atoms with E-state index in [0.717, 1.165) is 18.6 Å². The van der Waals surface area contributed by atoms with Gasteiger partial charge in [-0.25, -0.2) is 8.42 Å². The second-order valence-electron chi connectivity index (χ2n) is 4.66. The smallest absolute Gasteiger partial charge is 0.328 e. The Hall–Kier alpha value is -1.08. The summed E-state index contributed by atoms with van der Waals surface area (Å²) >= 11 is 0. The van der Waals surface area contributed by atoms with Crippen molar-refractivity contribution >= 4 is 9.84 Å². The average Bonchev–Trinajstić information content (AvgIpc) is 2.37. The fourth-order valence-corrected chi connectivity index (χ4v) is 3.10. The molecule has 1 aromatic rings. The van der Waals surface area contributed by atoms with E-state index in [1.807, 2.05) is 6.92 Å². The molecule has 0 heterocycles. The zero-order chi connectivity index (χ0) is 15.4. The molecule has 0 fully saturated rings. The lowest BCUT2D eigenvalue weighted by atomic mass is 10.1. The van der Waals surface area contributed by atoms with Crippen LogP contribution in [-0.2, 0) is 16.0 Å². The third kappa shape index (κ3) is 4.79. The van der Waals surface area contributed by atoms with Gasteiger partial charge in [-0.05, 0) is 37.5 Å². The molecule has 2 N–H and O–H groups in total. The summed E-state index contributed by atoms with van der Waals surface area (Å²) in [7, 11) is -3.70. The topological polar surface area (TPSA) is 60.2 Å². The zero-order valence-electron chi connectivity index (χ0n) is 11.2. The predicted molar refractivity (Wildman–Crippen MR) is 71.0 cm³/mol. The Kier molecular flexibility index (Phi) is 5.59. The number of benzene rings is 1. The minimum absolute atomic E-state index is 0.0771. The van der Waals surface area contributed by atoms with Gasteiger partial charge in [0, 0.05) is 6.04 Å². The highest BCUT2D eigenvalue weighted by molar-refractivity contribution is 7.91. The zero-order valence-corrected chi connectivity index (χ0v) is 12.0. The second kappa shape index (κ2) is 6.58. The van der Waals surface area contributed by atoms with Gasteiger partial charge in [-0.3, -0.25) is 0 Å². The molecule has 0 saturated heterocycles. The van der Waals surface area contributed by atoms with Gasteiger partial charge in [0.2, 0.25) is 0 Å². The number of halogens is 3. The number of rotatable bonds is 6. The maximum absolute atomic E-state index is 12.5. The lowest BCUT2D eigenvalue weighted by molar-refractivity contribution is -0.137. The normalized spacial score (nSPS) is 14.2. The van der Waals surface area contributed by atoms with Gasteiger partial charge < -0.3 is 5.73 Å². The largest absolute Gasteiger partial charge is 0.416 e. The summed E-state index contributed by atoms with van der Waals surface area (Å²) in [6.07, 6.45) is -2.93. The van der Waals surface area contributed by atoms with Crippen molar-refractivity contribution in [2.75, 3.05) is 5.75 Å². The number of nitrogens with two attached hydrogens (primary N) is 1. The first-order valence-corrected chi connectivity index (χ1v) is 7.97. The molecule has 0 amide bonds. The van der Waals surface area contributed by atoms with E-state index >= 15 is 0 Å². The molecular formula is C13H18F3NO2S. The quantitative estimate of drug-likeness (QED) is 0.878. The Morgan fingerprint density at radius 3 is 2.50 bits per heavy atom. The number of hydrogen-bond acceptors (Lipinski definition) is 3. The molecule has 0 aliphatic heterocycles. The van der Waals surface area contributed by atoms with Crippen LogP contribution in [0.5, 0.6) is 0 Å². The van der Waals surface area contributed by atoms with Crippen molar-refractivity contribution in [1.29, 1.82) is 0 Å². The first-order chi connectivity index (χ1) is 9.16. The van der Waals surface area contributed by atoms with Crippen LogP contribution < -0.4 is 5.73 Å². The maximum atomic E-state index is 12.5. The minimum Gasteiger partial charge on any atom is -0.328 e. The van der Waals surface area contributed by atoms with Crippen LogP contribution in [0.3, 0.4) is 0 Å².